The number of amides is 1. The van der Waals surface area contributed by atoms with E-state index in [-0.39, 0.29) is 18.3 Å². The molecule has 1 aliphatic rings. The summed E-state index contributed by atoms with van der Waals surface area (Å²) < 4.78 is 6.57. The zero-order chi connectivity index (χ0) is 21.7. The van der Waals surface area contributed by atoms with Crippen LogP contribution in [0.1, 0.15) is 23.7 Å². The van der Waals surface area contributed by atoms with Gasteiger partial charge in [-0.15, -0.1) is 12.4 Å². The van der Waals surface area contributed by atoms with Crippen LogP contribution in [-0.4, -0.2) is 69.7 Å². The van der Waals surface area contributed by atoms with Gasteiger partial charge in [-0.2, -0.15) is 0 Å². The molecule has 0 unspecified atom stereocenters. The smallest absolute Gasteiger partial charge is 0.259 e. The summed E-state index contributed by atoms with van der Waals surface area (Å²) in [6.45, 7) is 6.18. The quantitative estimate of drug-likeness (QED) is 0.602. The molecule has 0 radical (unpaired) electrons. The summed E-state index contributed by atoms with van der Waals surface area (Å²) in [5, 5.41) is 3.32. The highest BCUT2D eigenvalue weighted by molar-refractivity contribution is 9.10. The van der Waals surface area contributed by atoms with E-state index in [2.05, 4.69) is 49.0 Å². The number of hydrogen-bond acceptors (Lipinski definition) is 6. The molecule has 0 bridgehead atoms. The van der Waals surface area contributed by atoms with E-state index in [1.807, 2.05) is 18.2 Å². The first-order chi connectivity index (χ1) is 14.5. The molecular formula is C22H31BrClN5O2. The molecule has 1 fully saturated rings. The predicted molar refractivity (Wildman–Crippen MR) is 133 cm³/mol. The van der Waals surface area contributed by atoms with Crippen LogP contribution in [0.4, 0.5) is 17.2 Å². The first kappa shape index (κ1) is 25.1. The van der Waals surface area contributed by atoms with Gasteiger partial charge < -0.3 is 24.8 Å². The molecule has 0 spiro atoms. The van der Waals surface area contributed by atoms with Crippen LogP contribution in [0.15, 0.2) is 34.9 Å². The van der Waals surface area contributed by atoms with E-state index in [4.69, 9.17) is 4.74 Å². The van der Waals surface area contributed by atoms with Gasteiger partial charge in [-0.05, 0) is 30.7 Å². The van der Waals surface area contributed by atoms with Crippen molar-refractivity contribution in [2.75, 3.05) is 69.0 Å². The van der Waals surface area contributed by atoms with Crippen LogP contribution < -0.4 is 19.9 Å². The Morgan fingerprint density at radius 1 is 1.16 bits per heavy atom. The molecular weight excluding hydrogens is 482 g/mol. The maximum atomic E-state index is 13.0. The van der Waals surface area contributed by atoms with E-state index in [1.165, 1.54) is 0 Å². The molecule has 9 heteroatoms. The third kappa shape index (κ3) is 5.74. The van der Waals surface area contributed by atoms with Crippen molar-refractivity contribution in [3.05, 3.63) is 40.5 Å². The Balaban J connectivity index is 0.00000341. The van der Waals surface area contributed by atoms with Gasteiger partial charge in [0.05, 0.1) is 18.5 Å². The summed E-state index contributed by atoms with van der Waals surface area (Å²) in [6, 6.07) is 8.05. The Labute approximate surface area is 199 Å². The van der Waals surface area contributed by atoms with E-state index >= 15 is 0 Å². The average Bonchev–Trinajstić information content (AvgIpc) is 2.76. The maximum absolute atomic E-state index is 13.0. The van der Waals surface area contributed by atoms with E-state index in [0.717, 1.165) is 60.7 Å². The highest BCUT2D eigenvalue weighted by Gasteiger charge is 2.26. The molecule has 7 nitrogen and oxygen atoms in total. The number of piperazine rings is 1. The van der Waals surface area contributed by atoms with Crippen molar-refractivity contribution in [3.63, 3.8) is 0 Å². The maximum Gasteiger partial charge on any atom is 0.259 e. The summed E-state index contributed by atoms with van der Waals surface area (Å²) in [5.41, 5.74) is 2.67. The lowest BCUT2D eigenvalue weighted by Crippen LogP contribution is -2.47. The van der Waals surface area contributed by atoms with Crippen LogP contribution in [0, 0.1) is 0 Å². The second-order valence-electron chi connectivity index (χ2n) is 7.47. The summed E-state index contributed by atoms with van der Waals surface area (Å²) in [7, 11) is 5.25. The monoisotopic (exact) mass is 511 g/mol. The van der Waals surface area contributed by atoms with Gasteiger partial charge in [0.1, 0.15) is 17.1 Å². The van der Waals surface area contributed by atoms with Crippen molar-refractivity contribution in [1.82, 2.24) is 9.88 Å². The zero-order valence-corrected chi connectivity index (χ0v) is 20.9. The van der Waals surface area contributed by atoms with E-state index in [0.29, 0.717) is 11.4 Å². The highest BCUT2D eigenvalue weighted by atomic mass is 79.9. The van der Waals surface area contributed by atoms with Gasteiger partial charge >= 0.3 is 0 Å². The van der Waals surface area contributed by atoms with Gasteiger partial charge in [0.2, 0.25) is 0 Å². The second-order valence-corrected chi connectivity index (χ2v) is 8.39. The molecule has 1 saturated heterocycles. The highest BCUT2D eigenvalue weighted by Crippen LogP contribution is 2.33. The number of ether oxygens (including phenoxy) is 1. The molecule has 2 heterocycles. The minimum Gasteiger partial charge on any atom is -0.495 e. The first-order valence-electron chi connectivity index (χ1n) is 10.2. The number of carbonyl (C=O) groups excluding carboxylic acids is 1. The third-order valence-electron chi connectivity index (χ3n) is 5.19. The Bertz CT molecular complexity index is 888. The number of benzene rings is 1. The predicted octanol–water partition coefficient (Wildman–Crippen LogP) is 4.12. The number of anilines is 3. The Hall–Kier alpha value is -2.19. The number of rotatable bonds is 7. The molecule has 31 heavy (non-hydrogen) atoms. The molecule has 1 aromatic heterocycles. The van der Waals surface area contributed by atoms with Gasteiger partial charge in [-0.1, -0.05) is 22.9 Å². The van der Waals surface area contributed by atoms with Gasteiger partial charge in [-0.25, -0.2) is 4.98 Å². The summed E-state index contributed by atoms with van der Waals surface area (Å²) in [4.78, 5) is 23.6. The molecule has 170 valence electrons. The van der Waals surface area contributed by atoms with Gasteiger partial charge in [0.15, 0.2) is 0 Å². The van der Waals surface area contributed by atoms with E-state index in [1.54, 1.807) is 32.3 Å². The van der Waals surface area contributed by atoms with Crippen molar-refractivity contribution in [3.8, 4) is 5.75 Å². The topological polar surface area (TPSA) is 60.9 Å². The number of methoxy groups -OCH3 is 1. The van der Waals surface area contributed by atoms with E-state index < -0.39 is 0 Å². The van der Waals surface area contributed by atoms with Gasteiger partial charge in [0.25, 0.3) is 5.91 Å². The van der Waals surface area contributed by atoms with Crippen molar-refractivity contribution in [2.45, 2.75) is 13.3 Å². The summed E-state index contributed by atoms with van der Waals surface area (Å²) in [6.07, 6.45) is 2.75. The molecule has 0 saturated carbocycles. The second kappa shape index (κ2) is 11.4. The number of aromatic nitrogens is 1. The van der Waals surface area contributed by atoms with Crippen molar-refractivity contribution in [2.24, 2.45) is 0 Å². The molecule has 1 amide bonds. The van der Waals surface area contributed by atoms with Crippen LogP contribution in [0.5, 0.6) is 5.75 Å². The molecule has 3 rings (SSSR count). The third-order valence-corrected chi connectivity index (χ3v) is 5.69. The number of halogens is 2. The number of hydrogen-bond donors (Lipinski definition) is 1. The van der Waals surface area contributed by atoms with Crippen molar-refractivity contribution < 1.29 is 9.53 Å². The lowest BCUT2D eigenvalue weighted by Gasteiger charge is -2.38. The number of carbonyl (C=O) groups is 1. The summed E-state index contributed by atoms with van der Waals surface area (Å²) in [5.74, 6) is 1.48. The molecule has 1 N–H and O–H groups in total. The first-order valence-corrected chi connectivity index (χ1v) is 11.0. The molecule has 0 aliphatic carbocycles. The van der Waals surface area contributed by atoms with Crippen LogP contribution in [0.25, 0.3) is 0 Å². The minimum atomic E-state index is -0.0336. The Morgan fingerprint density at radius 2 is 1.81 bits per heavy atom. The Kier molecular flexibility index (Phi) is 9.25. The molecule has 1 aromatic carbocycles. The molecule has 0 atom stereocenters. The number of nitrogens with zero attached hydrogens (tertiary/aromatic N) is 4. The lowest BCUT2D eigenvalue weighted by atomic mass is 10.1. The average molecular weight is 513 g/mol. The number of pyridine rings is 1. The lowest BCUT2D eigenvalue weighted by molar-refractivity contribution is 0.0828. The Morgan fingerprint density at radius 3 is 2.39 bits per heavy atom. The van der Waals surface area contributed by atoms with E-state index in [9.17, 15) is 4.79 Å². The minimum absolute atomic E-state index is 0. The normalized spacial score (nSPS) is 13.5. The van der Waals surface area contributed by atoms with Gasteiger partial charge in [-0.3, -0.25) is 4.79 Å². The number of nitrogens with one attached hydrogen (secondary N) is 1. The molecule has 2 aromatic rings. The van der Waals surface area contributed by atoms with Crippen LogP contribution in [-0.2, 0) is 0 Å². The zero-order valence-electron chi connectivity index (χ0n) is 18.5. The summed E-state index contributed by atoms with van der Waals surface area (Å²) >= 11 is 3.50. The fourth-order valence-electron chi connectivity index (χ4n) is 3.63. The standard InChI is InChI=1S/C22H30BrN5O2.ClH/c1-5-9-24-21-20(22(29)26(2)3)18(8-10-25-21)28-13-11-27(12-14-28)17-7-6-16(23)15-19(17)30-4;/h6-8,10,15H,5,9,11-14H2,1-4H3,(H,24,25);1H. The van der Waals surface area contributed by atoms with Crippen LogP contribution >= 0.6 is 28.3 Å². The fourth-order valence-corrected chi connectivity index (χ4v) is 3.97. The SMILES string of the molecule is CCCNc1nccc(N2CCN(c3ccc(Br)cc3OC)CC2)c1C(=O)N(C)C.Cl. The van der Waals surface area contributed by atoms with Crippen LogP contribution in [0.2, 0.25) is 0 Å². The van der Waals surface area contributed by atoms with Gasteiger partial charge in [0, 0.05) is 57.5 Å². The fraction of sp³-hybridized carbons (Fsp3) is 0.455. The van der Waals surface area contributed by atoms with Crippen molar-refractivity contribution >= 4 is 51.4 Å². The van der Waals surface area contributed by atoms with Crippen molar-refractivity contribution in [1.29, 1.82) is 0 Å². The largest absolute Gasteiger partial charge is 0.495 e. The van der Waals surface area contributed by atoms with Crippen LogP contribution in [0.3, 0.4) is 0 Å². The molecule has 1 aliphatic heterocycles.